The second kappa shape index (κ2) is 3.88. The third-order valence-corrected chi connectivity index (χ3v) is 3.26. The fourth-order valence-electron chi connectivity index (χ4n) is 2.37. The van der Waals surface area contributed by atoms with Crippen LogP contribution in [0.4, 0.5) is 5.69 Å². The highest BCUT2D eigenvalue weighted by Gasteiger charge is 2.12. The van der Waals surface area contributed by atoms with Gasteiger partial charge >= 0.3 is 0 Å². The van der Waals surface area contributed by atoms with E-state index >= 15 is 0 Å². The quantitative estimate of drug-likeness (QED) is 0.661. The molecule has 0 bridgehead atoms. The zero-order valence-corrected chi connectivity index (χ0v) is 10.5. The van der Waals surface area contributed by atoms with Gasteiger partial charge in [-0.2, -0.15) is 5.10 Å². The Morgan fingerprint density at radius 1 is 1.11 bits per heavy atom. The Labute approximate surface area is 106 Å². The first-order valence-corrected chi connectivity index (χ1v) is 5.95. The summed E-state index contributed by atoms with van der Waals surface area (Å²) in [5.74, 6) is 0. The molecule has 0 radical (unpaired) electrons. The van der Waals surface area contributed by atoms with Crippen LogP contribution >= 0.6 is 0 Å². The van der Waals surface area contributed by atoms with Gasteiger partial charge < -0.3 is 5.73 Å². The summed E-state index contributed by atoms with van der Waals surface area (Å²) in [6.07, 6.45) is 0. The molecule has 0 unspecified atom stereocenters. The van der Waals surface area contributed by atoms with Gasteiger partial charge in [-0.15, -0.1) is 0 Å². The van der Waals surface area contributed by atoms with Gasteiger partial charge in [-0.25, -0.2) is 0 Å². The fraction of sp³-hybridized carbons (Fsp3) is 0.133. The number of aromatic nitrogens is 2. The number of fused-ring (bicyclic) bond motifs is 1. The summed E-state index contributed by atoms with van der Waals surface area (Å²) in [7, 11) is 1.97. The van der Waals surface area contributed by atoms with E-state index in [9.17, 15) is 0 Å². The molecule has 1 heterocycles. The minimum Gasteiger partial charge on any atom is -0.399 e. The van der Waals surface area contributed by atoms with Gasteiger partial charge in [0.2, 0.25) is 0 Å². The summed E-state index contributed by atoms with van der Waals surface area (Å²) in [6, 6.07) is 14.2. The number of rotatable bonds is 1. The Hall–Kier alpha value is -2.29. The summed E-state index contributed by atoms with van der Waals surface area (Å²) in [6.45, 7) is 2.11. The van der Waals surface area contributed by atoms with E-state index in [-0.39, 0.29) is 0 Å². The van der Waals surface area contributed by atoms with Crippen LogP contribution in [0.25, 0.3) is 22.2 Å². The molecule has 0 fully saturated rings. The molecule has 3 aromatic rings. The van der Waals surface area contributed by atoms with Gasteiger partial charge in [-0.3, -0.25) is 4.68 Å². The van der Waals surface area contributed by atoms with Gasteiger partial charge in [0.1, 0.15) is 0 Å². The Morgan fingerprint density at radius 3 is 2.67 bits per heavy atom. The number of hydrogen-bond donors (Lipinski definition) is 1. The maximum atomic E-state index is 5.88. The first-order valence-electron chi connectivity index (χ1n) is 5.95. The smallest absolute Gasteiger partial charge is 0.0931 e. The average Bonchev–Trinajstić information content (AvgIpc) is 2.66. The molecule has 3 heteroatoms. The minimum atomic E-state index is 0.769. The zero-order chi connectivity index (χ0) is 12.7. The number of nitrogens with zero attached hydrogens (tertiary/aromatic N) is 2. The Balaban J connectivity index is 2.38. The van der Waals surface area contributed by atoms with E-state index in [2.05, 4.69) is 24.2 Å². The molecule has 90 valence electrons. The molecule has 0 atom stereocenters. The summed E-state index contributed by atoms with van der Waals surface area (Å²) in [4.78, 5) is 0. The fourth-order valence-corrected chi connectivity index (χ4v) is 2.37. The van der Waals surface area contributed by atoms with Crippen LogP contribution in [-0.2, 0) is 7.05 Å². The van der Waals surface area contributed by atoms with Crippen molar-refractivity contribution >= 4 is 16.6 Å². The van der Waals surface area contributed by atoms with Crippen molar-refractivity contribution in [3.63, 3.8) is 0 Å². The second-order valence-corrected chi connectivity index (χ2v) is 4.56. The molecule has 3 rings (SSSR count). The molecule has 3 nitrogen and oxygen atoms in total. The van der Waals surface area contributed by atoms with Crippen molar-refractivity contribution in [1.82, 2.24) is 9.78 Å². The molecule has 0 saturated carbocycles. The van der Waals surface area contributed by atoms with Crippen LogP contribution in [0, 0.1) is 6.92 Å². The van der Waals surface area contributed by atoms with E-state index in [4.69, 9.17) is 5.73 Å². The Bertz CT molecular complexity index is 726. The first kappa shape index (κ1) is 10.8. The first-order chi connectivity index (χ1) is 8.66. The lowest BCUT2D eigenvalue weighted by Gasteiger charge is -2.06. The van der Waals surface area contributed by atoms with E-state index in [0.29, 0.717) is 0 Å². The molecule has 0 aliphatic carbocycles. The van der Waals surface area contributed by atoms with Crippen LogP contribution in [0.1, 0.15) is 5.56 Å². The number of aryl methyl sites for hydroxylation is 2. The van der Waals surface area contributed by atoms with E-state index in [0.717, 1.165) is 22.3 Å². The van der Waals surface area contributed by atoms with Crippen molar-refractivity contribution in [3.05, 3.63) is 48.0 Å². The number of nitrogens with two attached hydrogens (primary N) is 1. The summed E-state index contributed by atoms with van der Waals surface area (Å²) < 4.78 is 1.92. The summed E-state index contributed by atoms with van der Waals surface area (Å²) >= 11 is 0. The van der Waals surface area contributed by atoms with Crippen molar-refractivity contribution in [2.45, 2.75) is 6.92 Å². The Kier molecular flexibility index (Phi) is 2.33. The van der Waals surface area contributed by atoms with E-state index in [1.165, 1.54) is 11.1 Å². The molecule has 2 aromatic carbocycles. The molecule has 0 aliphatic heterocycles. The monoisotopic (exact) mass is 237 g/mol. The third kappa shape index (κ3) is 1.56. The van der Waals surface area contributed by atoms with Gasteiger partial charge in [-0.1, -0.05) is 24.3 Å². The molecular weight excluding hydrogens is 222 g/mol. The van der Waals surface area contributed by atoms with Crippen LogP contribution in [0.5, 0.6) is 0 Å². The van der Waals surface area contributed by atoms with Gasteiger partial charge in [0.25, 0.3) is 0 Å². The van der Waals surface area contributed by atoms with Crippen LogP contribution < -0.4 is 5.73 Å². The summed E-state index contributed by atoms with van der Waals surface area (Å²) in [5, 5.41) is 5.64. The maximum Gasteiger partial charge on any atom is 0.0931 e. The number of anilines is 1. The number of benzene rings is 2. The topological polar surface area (TPSA) is 43.8 Å². The molecule has 0 spiro atoms. The molecular formula is C15H15N3. The van der Waals surface area contributed by atoms with Crippen molar-refractivity contribution in [2.75, 3.05) is 5.73 Å². The van der Waals surface area contributed by atoms with Gasteiger partial charge in [0.05, 0.1) is 11.2 Å². The largest absolute Gasteiger partial charge is 0.399 e. The lowest BCUT2D eigenvalue weighted by Crippen LogP contribution is -1.95. The maximum absolute atomic E-state index is 5.88. The van der Waals surface area contributed by atoms with Crippen LogP contribution in [0.3, 0.4) is 0 Å². The van der Waals surface area contributed by atoms with E-state index in [1.54, 1.807) is 0 Å². The van der Waals surface area contributed by atoms with Crippen molar-refractivity contribution in [2.24, 2.45) is 7.05 Å². The highest BCUT2D eigenvalue weighted by Crippen LogP contribution is 2.31. The van der Waals surface area contributed by atoms with Crippen molar-refractivity contribution in [1.29, 1.82) is 0 Å². The number of nitrogen functional groups attached to an aromatic ring is 1. The summed E-state index contributed by atoms with van der Waals surface area (Å²) in [5.41, 5.74) is 11.2. The van der Waals surface area contributed by atoms with Gasteiger partial charge in [0.15, 0.2) is 0 Å². The van der Waals surface area contributed by atoms with Crippen LogP contribution in [0.2, 0.25) is 0 Å². The molecule has 0 amide bonds. The molecule has 0 saturated heterocycles. The molecule has 2 N–H and O–H groups in total. The lowest BCUT2D eigenvalue weighted by atomic mass is 10.0. The Morgan fingerprint density at radius 2 is 1.89 bits per heavy atom. The molecule has 18 heavy (non-hydrogen) atoms. The number of hydrogen-bond acceptors (Lipinski definition) is 2. The predicted octanol–water partition coefficient (Wildman–Crippen LogP) is 3.13. The average molecular weight is 237 g/mol. The highest BCUT2D eigenvalue weighted by molar-refractivity contribution is 5.95. The van der Waals surface area contributed by atoms with Crippen LogP contribution in [0.15, 0.2) is 42.5 Å². The predicted molar refractivity (Wildman–Crippen MR) is 75.3 cm³/mol. The highest BCUT2D eigenvalue weighted by atomic mass is 15.3. The standard InChI is InChI=1S/C15H15N3/c1-10-5-3-4-6-12(10)15-13-9-11(16)7-8-14(13)17-18(15)2/h3-9H,16H2,1-2H3. The van der Waals surface area contributed by atoms with Crippen molar-refractivity contribution in [3.8, 4) is 11.3 Å². The molecule has 1 aromatic heterocycles. The SMILES string of the molecule is Cc1ccccc1-c1c2cc(N)ccc2nn1C. The van der Waals surface area contributed by atoms with Gasteiger partial charge in [0, 0.05) is 23.7 Å². The van der Waals surface area contributed by atoms with E-state index < -0.39 is 0 Å². The van der Waals surface area contributed by atoms with Crippen molar-refractivity contribution < 1.29 is 0 Å². The second-order valence-electron chi connectivity index (χ2n) is 4.56. The normalized spacial score (nSPS) is 11.0. The minimum absolute atomic E-state index is 0.769. The third-order valence-electron chi connectivity index (χ3n) is 3.26. The van der Waals surface area contributed by atoms with Crippen LogP contribution in [-0.4, -0.2) is 9.78 Å². The molecule has 0 aliphatic rings. The van der Waals surface area contributed by atoms with Gasteiger partial charge in [-0.05, 0) is 30.7 Å². The lowest BCUT2D eigenvalue weighted by molar-refractivity contribution is 0.787. The zero-order valence-electron chi connectivity index (χ0n) is 10.5. The van der Waals surface area contributed by atoms with E-state index in [1.807, 2.05) is 42.1 Å².